The molecule has 0 spiro atoms. The van der Waals surface area contributed by atoms with Gasteiger partial charge in [0, 0.05) is 18.8 Å². The molecule has 0 heterocycles. The van der Waals surface area contributed by atoms with Crippen LogP contribution in [0.3, 0.4) is 0 Å². The van der Waals surface area contributed by atoms with E-state index < -0.39 is 0 Å². The molecular formula is C14H21ClN2O. The molecule has 0 aliphatic rings. The Morgan fingerprint density at radius 1 is 1.44 bits per heavy atom. The average Bonchev–Trinajstić information content (AvgIpc) is 2.35. The number of hydrogen-bond acceptors (Lipinski definition) is 2. The minimum atomic E-state index is -0.0825. The fraction of sp³-hybridized carbons (Fsp3) is 0.500. The van der Waals surface area contributed by atoms with Crippen LogP contribution in [0.2, 0.25) is 5.02 Å². The molecule has 0 bridgehead atoms. The van der Waals surface area contributed by atoms with E-state index in [4.69, 9.17) is 17.3 Å². The maximum Gasteiger partial charge on any atom is 0.257 e. The third-order valence-corrected chi connectivity index (χ3v) is 3.47. The van der Waals surface area contributed by atoms with Crippen LogP contribution in [0.4, 0.5) is 5.69 Å². The van der Waals surface area contributed by atoms with Crippen molar-refractivity contribution in [2.24, 2.45) is 5.92 Å². The molecule has 0 aliphatic carbocycles. The number of nitrogens with zero attached hydrogens (tertiary/aromatic N) is 1. The van der Waals surface area contributed by atoms with Gasteiger partial charge >= 0.3 is 0 Å². The number of halogens is 1. The van der Waals surface area contributed by atoms with E-state index in [0.29, 0.717) is 28.7 Å². The van der Waals surface area contributed by atoms with Crippen LogP contribution < -0.4 is 5.73 Å². The SMILES string of the molecule is CCC(C)CN(CC)C(=O)c1c(N)cccc1Cl. The summed E-state index contributed by atoms with van der Waals surface area (Å²) in [6, 6.07) is 5.15. The Morgan fingerprint density at radius 2 is 2.11 bits per heavy atom. The largest absolute Gasteiger partial charge is 0.398 e. The van der Waals surface area contributed by atoms with Gasteiger partial charge in [-0.3, -0.25) is 4.79 Å². The van der Waals surface area contributed by atoms with Crippen LogP contribution in [-0.2, 0) is 0 Å². The molecule has 0 aromatic heterocycles. The fourth-order valence-corrected chi connectivity index (χ4v) is 2.05. The van der Waals surface area contributed by atoms with Crippen molar-refractivity contribution in [3.05, 3.63) is 28.8 Å². The van der Waals surface area contributed by atoms with Gasteiger partial charge in [-0.1, -0.05) is 37.9 Å². The summed E-state index contributed by atoms with van der Waals surface area (Å²) < 4.78 is 0. The molecule has 2 N–H and O–H groups in total. The first-order valence-electron chi connectivity index (χ1n) is 6.34. The van der Waals surface area contributed by atoms with Crippen LogP contribution in [0.15, 0.2) is 18.2 Å². The Hall–Kier alpha value is -1.22. The molecule has 1 amide bonds. The fourth-order valence-electron chi connectivity index (χ4n) is 1.79. The monoisotopic (exact) mass is 268 g/mol. The number of carbonyl (C=O) groups excluding carboxylic acids is 1. The molecule has 0 fully saturated rings. The zero-order valence-electron chi connectivity index (χ0n) is 11.2. The number of rotatable bonds is 5. The van der Waals surface area contributed by atoms with E-state index in [2.05, 4.69) is 13.8 Å². The zero-order valence-corrected chi connectivity index (χ0v) is 12.0. The molecule has 1 unspecified atom stereocenters. The molecule has 1 atom stereocenters. The Labute approximate surface area is 114 Å². The molecule has 1 rings (SSSR count). The third-order valence-electron chi connectivity index (χ3n) is 3.16. The standard InChI is InChI=1S/C14H21ClN2O/c1-4-10(3)9-17(5-2)14(18)13-11(15)7-6-8-12(13)16/h6-8,10H,4-5,9,16H2,1-3H3. The number of nitrogen functional groups attached to an aromatic ring is 1. The molecular weight excluding hydrogens is 248 g/mol. The zero-order chi connectivity index (χ0) is 13.7. The Kier molecular flexibility index (Phi) is 5.48. The van der Waals surface area contributed by atoms with Crippen LogP contribution >= 0.6 is 11.6 Å². The highest BCUT2D eigenvalue weighted by atomic mass is 35.5. The van der Waals surface area contributed by atoms with Crippen molar-refractivity contribution in [2.75, 3.05) is 18.8 Å². The summed E-state index contributed by atoms with van der Waals surface area (Å²) in [6.07, 6.45) is 1.04. The highest BCUT2D eigenvalue weighted by molar-refractivity contribution is 6.34. The number of nitrogens with two attached hydrogens (primary N) is 1. The summed E-state index contributed by atoms with van der Waals surface area (Å²) in [5, 5.41) is 0.419. The third kappa shape index (κ3) is 3.39. The summed E-state index contributed by atoms with van der Waals surface area (Å²) in [5.74, 6) is 0.388. The van der Waals surface area contributed by atoms with Crippen molar-refractivity contribution < 1.29 is 4.79 Å². The summed E-state index contributed by atoms with van der Waals surface area (Å²) in [4.78, 5) is 14.2. The van der Waals surface area contributed by atoms with E-state index in [-0.39, 0.29) is 5.91 Å². The predicted molar refractivity (Wildman–Crippen MR) is 76.9 cm³/mol. The van der Waals surface area contributed by atoms with Crippen molar-refractivity contribution in [3.8, 4) is 0 Å². The van der Waals surface area contributed by atoms with Gasteiger partial charge in [0.25, 0.3) is 5.91 Å². The van der Waals surface area contributed by atoms with Crippen molar-refractivity contribution in [3.63, 3.8) is 0 Å². The van der Waals surface area contributed by atoms with E-state index in [1.807, 2.05) is 6.92 Å². The van der Waals surface area contributed by atoms with Crippen LogP contribution in [0.1, 0.15) is 37.6 Å². The lowest BCUT2D eigenvalue weighted by atomic mass is 10.1. The molecule has 1 aromatic rings. The highest BCUT2D eigenvalue weighted by Crippen LogP contribution is 2.24. The van der Waals surface area contributed by atoms with Gasteiger partial charge in [0.2, 0.25) is 0 Å². The smallest absolute Gasteiger partial charge is 0.257 e. The second-order valence-corrected chi connectivity index (χ2v) is 4.97. The van der Waals surface area contributed by atoms with Crippen LogP contribution in [0, 0.1) is 5.92 Å². The second kappa shape index (κ2) is 6.64. The molecule has 18 heavy (non-hydrogen) atoms. The summed E-state index contributed by atoms with van der Waals surface area (Å²) in [5.41, 5.74) is 6.71. The second-order valence-electron chi connectivity index (χ2n) is 4.56. The van der Waals surface area contributed by atoms with Crippen molar-refractivity contribution in [2.45, 2.75) is 27.2 Å². The lowest BCUT2D eigenvalue weighted by molar-refractivity contribution is 0.0742. The van der Waals surface area contributed by atoms with Crippen molar-refractivity contribution in [1.29, 1.82) is 0 Å². The Bertz CT molecular complexity index is 400. The van der Waals surface area contributed by atoms with Crippen LogP contribution in [-0.4, -0.2) is 23.9 Å². The summed E-state index contributed by atoms with van der Waals surface area (Å²) >= 11 is 6.07. The van der Waals surface area contributed by atoms with E-state index in [1.54, 1.807) is 23.1 Å². The van der Waals surface area contributed by atoms with Crippen molar-refractivity contribution in [1.82, 2.24) is 4.90 Å². The normalized spacial score (nSPS) is 12.2. The van der Waals surface area contributed by atoms with Gasteiger partial charge in [0.05, 0.1) is 10.6 Å². The predicted octanol–water partition coefficient (Wildman–Crippen LogP) is 3.43. The topological polar surface area (TPSA) is 46.3 Å². The van der Waals surface area contributed by atoms with Gasteiger partial charge in [-0.25, -0.2) is 0 Å². The molecule has 1 aromatic carbocycles. The molecule has 0 saturated carbocycles. The van der Waals surface area contributed by atoms with Gasteiger partial charge in [-0.15, -0.1) is 0 Å². The lowest BCUT2D eigenvalue weighted by Crippen LogP contribution is -2.35. The Balaban J connectivity index is 2.97. The number of hydrogen-bond donors (Lipinski definition) is 1. The number of carbonyl (C=O) groups is 1. The molecule has 0 saturated heterocycles. The summed E-state index contributed by atoms with van der Waals surface area (Å²) in [6.45, 7) is 7.61. The first kappa shape index (κ1) is 14.8. The molecule has 3 nitrogen and oxygen atoms in total. The Morgan fingerprint density at radius 3 is 2.61 bits per heavy atom. The van der Waals surface area contributed by atoms with Gasteiger partial charge in [-0.2, -0.15) is 0 Å². The maximum atomic E-state index is 12.4. The van der Waals surface area contributed by atoms with Gasteiger partial charge in [0.1, 0.15) is 0 Å². The van der Waals surface area contributed by atoms with Gasteiger partial charge < -0.3 is 10.6 Å². The minimum absolute atomic E-state index is 0.0825. The number of benzene rings is 1. The van der Waals surface area contributed by atoms with E-state index in [1.165, 1.54) is 0 Å². The summed E-state index contributed by atoms with van der Waals surface area (Å²) in [7, 11) is 0. The first-order chi connectivity index (χ1) is 8.51. The molecule has 4 heteroatoms. The van der Waals surface area contributed by atoms with E-state index in [9.17, 15) is 4.79 Å². The van der Waals surface area contributed by atoms with Crippen molar-refractivity contribution >= 4 is 23.2 Å². The van der Waals surface area contributed by atoms with Gasteiger partial charge in [0.15, 0.2) is 0 Å². The first-order valence-corrected chi connectivity index (χ1v) is 6.72. The number of amides is 1. The quantitative estimate of drug-likeness (QED) is 0.832. The van der Waals surface area contributed by atoms with Crippen LogP contribution in [0.5, 0.6) is 0 Å². The van der Waals surface area contributed by atoms with Gasteiger partial charge in [-0.05, 0) is 25.0 Å². The average molecular weight is 269 g/mol. The van der Waals surface area contributed by atoms with Crippen LogP contribution in [0.25, 0.3) is 0 Å². The molecule has 0 aliphatic heterocycles. The highest BCUT2D eigenvalue weighted by Gasteiger charge is 2.20. The molecule has 100 valence electrons. The van der Waals surface area contributed by atoms with E-state index >= 15 is 0 Å². The van der Waals surface area contributed by atoms with E-state index in [0.717, 1.165) is 13.0 Å². The number of anilines is 1. The lowest BCUT2D eigenvalue weighted by Gasteiger charge is -2.25. The minimum Gasteiger partial charge on any atom is -0.398 e. The maximum absolute atomic E-state index is 12.4. The molecule has 0 radical (unpaired) electrons.